The molecular weight excluding hydrogens is 414 g/mol. The first kappa shape index (κ1) is 19.4. The molecule has 156 valence electrons. The topological polar surface area (TPSA) is 111 Å². The molecule has 0 saturated carbocycles. The Balaban J connectivity index is 1.48. The average molecular weight is 433 g/mol. The van der Waals surface area contributed by atoms with E-state index in [1.165, 1.54) is 0 Å². The van der Waals surface area contributed by atoms with Crippen LogP contribution in [0.25, 0.3) is 21.0 Å². The number of para-hydroxylation sites is 1. The summed E-state index contributed by atoms with van der Waals surface area (Å²) in [6.45, 7) is 0.329. The third kappa shape index (κ3) is 3.36. The molecular formula is C22H19N5O3S. The van der Waals surface area contributed by atoms with Gasteiger partial charge in [-0.05, 0) is 31.0 Å². The maximum absolute atomic E-state index is 13.2. The highest BCUT2D eigenvalue weighted by atomic mass is 32.1. The fraction of sp³-hybridized carbons (Fsp3) is 0.227. The third-order valence-electron chi connectivity index (χ3n) is 5.55. The van der Waals surface area contributed by atoms with Crippen LogP contribution in [0.4, 0.5) is 0 Å². The lowest BCUT2D eigenvalue weighted by molar-refractivity contribution is -0.133. The lowest BCUT2D eigenvalue weighted by Crippen LogP contribution is -2.38. The first-order valence-corrected chi connectivity index (χ1v) is 10.8. The standard InChI is InChI=1S/C22H19N5O3S/c23-20(29)19-13-6-1-2-7-14(13)22(30)27(25-19)12-18(28)26-11-5-9-16(26)21-24-15-8-3-4-10-17(15)31-21/h1-4,6-8,10,16H,5,9,11-12H2,(H2,23,29)/t16-/m0/s1. The number of amides is 2. The van der Waals surface area contributed by atoms with Crippen molar-refractivity contribution in [3.05, 3.63) is 69.6 Å². The number of likely N-dealkylation sites (tertiary alicyclic amines) is 1. The molecule has 1 saturated heterocycles. The van der Waals surface area contributed by atoms with Gasteiger partial charge in [-0.2, -0.15) is 5.10 Å². The maximum atomic E-state index is 13.2. The molecule has 3 heterocycles. The number of carbonyl (C=O) groups is 2. The second-order valence-corrected chi connectivity index (χ2v) is 8.55. The normalized spacial score (nSPS) is 16.3. The maximum Gasteiger partial charge on any atom is 0.275 e. The molecule has 1 atom stereocenters. The van der Waals surface area contributed by atoms with Gasteiger partial charge in [-0.1, -0.05) is 30.3 Å². The molecule has 1 aliphatic rings. The van der Waals surface area contributed by atoms with Crippen LogP contribution in [-0.2, 0) is 11.3 Å². The molecule has 1 fully saturated rings. The molecule has 5 rings (SSSR count). The number of nitrogens with zero attached hydrogens (tertiary/aromatic N) is 4. The van der Waals surface area contributed by atoms with Crippen molar-refractivity contribution < 1.29 is 9.59 Å². The zero-order valence-corrected chi connectivity index (χ0v) is 17.3. The van der Waals surface area contributed by atoms with Crippen LogP contribution in [-0.4, -0.2) is 38.0 Å². The summed E-state index contributed by atoms with van der Waals surface area (Å²) >= 11 is 1.58. The van der Waals surface area contributed by atoms with Crippen LogP contribution in [0, 0.1) is 0 Å². The Hall–Kier alpha value is -3.59. The van der Waals surface area contributed by atoms with Gasteiger partial charge in [-0.25, -0.2) is 9.67 Å². The summed E-state index contributed by atoms with van der Waals surface area (Å²) in [5.74, 6) is -0.979. The number of primary amides is 1. The van der Waals surface area contributed by atoms with Crippen LogP contribution in [0.3, 0.4) is 0 Å². The molecule has 4 aromatic rings. The molecule has 0 bridgehead atoms. The second kappa shape index (κ2) is 7.59. The summed E-state index contributed by atoms with van der Waals surface area (Å²) in [4.78, 5) is 44.4. The van der Waals surface area contributed by atoms with Gasteiger partial charge < -0.3 is 10.6 Å². The van der Waals surface area contributed by atoms with Crippen molar-refractivity contribution in [1.82, 2.24) is 19.7 Å². The van der Waals surface area contributed by atoms with Crippen LogP contribution < -0.4 is 11.3 Å². The smallest absolute Gasteiger partial charge is 0.275 e. The number of hydrogen-bond donors (Lipinski definition) is 1. The minimum absolute atomic E-state index is 0.0212. The summed E-state index contributed by atoms with van der Waals surface area (Å²) in [6.07, 6.45) is 1.68. The van der Waals surface area contributed by atoms with E-state index in [1.807, 2.05) is 24.3 Å². The van der Waals surface area contributed by atoms with Gasteiger partial charge >= 0.3 is 0 Å². The van der Waals surface area contributed by atoms with Gasteiger partial charge in [0, 0.05) is 11.9 Å². The Morgan fingerprint density at radius 3 is 2.61 bits per heavy atom. The molecule has 9 heteroatoms. The van der Waals surface area contributed by atoms with E-state index in [1.54, 1.807) is 40.5 Å². The largest absolute Gasteiger partial charge is 0.364 e. The molecule has 2 aromatic heterocycles. The first-order valence-electron chi connectivity index (χ1n) is 9.97. The summed E-state index contributed by atoms with van der Waals surface area (Å²) in [5, 5.41) is 5.70. The molecule has 8 nitrogen and oxygen atoms in total. The SMILES string of the molecule is NC(=O)c1nn(CC(=O)N2CCC[C@H]2c2nc3ccccc3s2)c(=O)c2ccccc12. The molecule has 0 aliphatic carbocycles. The van der Waals surface area contributed by atoms with Gasteiger partial charge in [-0.15, -0.1) is 11.3 Å². The number of nitrogens with two attached hydrogens (primary N) is 1. The molecule has 0 unspecified atom stereocenters. The summed E-state index contributed by atoms with van der Waals surface area (Å²) in [5.41, 5.74) is 5.94. The van der Waals surface area contributed by atoms with Crippen LogP contribution in [0.15, 0.2) is 53.3 Å². The second-order valence-electron chi connectivity index (χ2n) is 7.49. The minimum atomic E-state index is -0.745. The lowest BCUT2D eigenvalue weighted by Gasteiger charge is -2.23. The zero-order valence-electron chi connectivity index (χ0n) is 16.5. The van der Waals surface area contributed by atoms with E-state index in [0.717, 1.165) is 32.7 Å². The predicted octanol–water partition coefficient (Wildman–Crippen LogP) is 2.47. The highest BCUT2D eigenvalue weighted by Gasteiger charge is 2.32. The Bertz CT molecular complexity index is 1360. The van der Waals surface area contributed by atoms with Gasteiger partial charge in [0.25, 0.3) is 11.5 Å². The van der Waals surface area contributed by atoms with Crippen LogP contribution in [0.2, 0.25) is 0 Å². The van der Waals surface area contributed by atoms with Crippen molar-refractivity contribution in [2.75, 3.05) is 6.54 Å². The average Bonchev–Trinajstić information content (AvgIpc) is 3.42. The van der Waals surface area contributed by atoms with Crippen LogP contribution >= 0.6 is 11.3 Å². The highest BCUT2D eigenvalue weighted by Crippen LogP contribution is 2.36. The van der Waals surface area contributed by atoms with E-state index < -0.39 is 11.5 Å². The van der Waals surface area contributed by atoms with Crippen molar-refractivity contribution in [3.63, 3.8) is 0 Å². The molecule has 1 aliphatic heterocycles. The van der Waals surface area contributed by atoms with E-state index in [2.05, 4.69) is 5.10 Å². The Labute approximate surface area is 180 Å². The number of hydrogen-bond acceptors (Lipinski definition) is 6. The Kier molecular flexibility index (Phi) is 4.74. The summed E-state index contributed by atoms with van der Waals surface area (Å²) < 4.78 is 2.12. The number of aromatic nitrogens is 3. The number of rotatable bonds is 4. The number of fused-ring (bicyclic) bond motifs is 2. The predicted molar refractivity (Wildman–Crippen MR) is 118 cm³/mol. The third-order valence-corrected chi connectivity index (χ3v) is 6.69. The minimum Gasteiger partial charge on any atom is -0.364 e. The Morgan fingerprint density at radius 1 is 1.10 bits per heavy atom. The molecule has 31 heavy (non-hydrogen) atoms. The van der Waals surface area contributed by atoms with Gasteiger partial charge in [0.15, 0.2) is 5.69 Å². The Morgan fingerprint density at radius 2 is 1.84 bits per heavy atom. The molecule has 2 amide bonds. The van der Waals surface area contributed by atoms with Gasteiger partial charge in [0.1, 0.15) is 11.6 Å². The van der Waals surface area contributed by atoms with Crippen molar-refractivity contribution in [2.24, 2.45) is 5.73 Å². The number of carbonyl (C=O) groups excluding carboxylic acids is 2. The van der Waals surface area contributed by atoms with Crippen molar-refractivity contribution in [1.29, 1.82) is 0 Å². The van der Waals surface area contributed by atoms with E-state index >= 15 is 0 Å². The zero-order chi connectivity index (χ0) is 21.5. The summed E-state index contributed by atoms with van der Waals surface area (Å²) in [6, 6.07) is 14.4. The van der Waals surface area contributed by atoms with Crippen molar-refractivity contribution >= 4 is 44.1 Å². The van der Waals surface area contributed by atoms with Crippen molar-refractivity contribution in [3.8, 4) is 0 Å². The van der Waals surface area contributed by atoms with Gasteiger partial charge in [0.2, 0.25) is 5.91 Å². The van der Waals surface area contributed by atoms with E-state index in [9.17, 15) is 14.4 Å². The fourth-order valence-corrected chi connectivity index (χ4v) is 5.21. The van der Waals surface area contributed by atoms with Gasteiger partial charge in [0.05, 0.1) is 21.6 Å². The molecule has 0 spiro atoms. The first-order chi connectivity index (χ1) is 15.0. The quantitative estimate of drug-likeness (QED) is 0.531. The van der Waals surface area contributed by atoms with E-state index in [0.29, 0.717) is 17.3 Å². The monoisotopic (exact) mass is 433 g/mol. The van der Waals surface area contributed by atoms with E-state index in [-0.39, 0.29) is 24.2 Å². The highest BCUT2D eigenvalue weighted by molar-refractivity contribution is 7.18. The fourth-order valence-electron chi connectivity index (χ4n) is 4.10. The van der Waals surface area contributed by atoms with Crippen LogP contribution in [0.1, 0.15) is 34.4 Å². The molecule has 2 N–H and O–H groups in total. The number of benzene rings is 2. The summed E-state index contributed by atoms with van der Waals surface area (Å²) in [7, 11) is 0. The van der Waals surface area contributed by atoms with Crippen molar-refractivity contribution in [2.45, 2.75) is 25.4 Å². The van der Waals surface area contributed by atoms with E-state index in [4.69, 9.17) is 10.7 Å². The molecule has 0 radical (unpaired) electrons. The molecule has 2 aromatic carbocycles. The number of thiazole rings is 1. The lowest BCUT2D eigenvalue weighted by atomic mass is 10.1. The van der Waals surface area contributed by atoms with Crippen LogP contribution in [0.5, 0.6) is 0 Å². The van der Waals surface area contributed by atoms with Gasteiger partial charge in [-0.3, -0.25) is 14.4 Å².